The van der Waals surface area contributed by atoms with Gasteiger partial charge in [0.15, 0.2) is 0 Å². The fraction of sp³-hybridized carbons (Fsp3) is 0.125. The second-order valence-electron chi connectivity index (χ2n) is 4.40. The SMILES string of the molecule is N#C[C-]1CC1(c1ccccc1)c1ccccc1.[Cu+]. The van der Waals surface area contributed by atoms with E-state index in [1.54, 1.807) is 0 Å². The van der Waals surface area contributed by atoms with E-state index >= 15 is 0 Å². The van der Waals surface area contributed by atoms with Crippen molar-refractivity contribution in [1.82, 2.24) is 0 Å². The van der Waals surface area contributed by atoms with Crippen molar-refractivity contribution in [3.8, 4) is 6.07 Å². The van der Waals surface area contributed by atoms with E-state index in [4.69, 9.17) is 0 Å². The van der Waals surface area contributed by atoms with Crippen LogP contribution in [0.25, 0.3) is 0 Å². The zero-order valence-electron chi connectivity index (χ0n) is 9.73. The van der Waals surface area contributed by atoms with E-state index in [1.165, 1.54) is 11.1 Å². The van der Waals surface area contributed by atoms with Crippen LogP contribution in [0.3, 0.4) is 0 Å². The second kappa shape index (κ2) is 4.90. The van der Waals surface area contributed by atoms with E-state index in [2.05, 4.69) is 30.3 Å². The van der Waals surface area contributed by atoms with E-state index in [1.807, 2.05) is 36.4 Å². The molecule has 0 radical (unpaired) electrons. The smallest absolute Gasteiger partial charge is 0.265 e. The first kappa shape index (κ1) is 12.8. The summed E-state index contributed by atoms with van der Waals surface area (Å²) in [6.45, 7) is 0. The van der Waals surface area contributed by atoms with E-state index in [0.29, 0.717) is 0 Å². The van der Waals surface area contributed by atoms with E-state index < -0.39 is 0 Å². The summed E-state index contributed by atoms with van der Waals surface area (Å²) < 4.78 is 0. The molecule has 1 nitrogen and oxygen atoms in total. The second-order valence-corrected chi connectivity index (χ2v) is 4.40. The molecule has 0 spiro atoms. The molecule has 1 aliphatic carbocycles. The average molecular weight is 282 g/mol. The molecule has 0 amide bonds. The standard InChI is InChI=1S/C16H12N.Cu/c17-12-15-11-16(15,13-7-3-1-4-8-13)14-9-5-2-6-10-14;/h1-10H,11H2;/q-1;+1. The van der Waals surface area contributed by atoms with E-state index in [9.17, 15) is 5.26 Å². The first-order valence-corrected chi connectivity index (χ1v) is 5.75. The van der Waals surface area contributed by atoms with Crippen LogP contribution in [0.2, 0.25) is 0 Å². The van der Waals surface area contributed by atoms with E-state index in [0.717, 1.165) is 12.3 Å². The Morgan fingerprint density at radius 2 is 1.33 bits per heavy atom. The van der Waals surface area contributed by atoms with Crippen molar-refractivity contribution in [2.24, 2.45) is 0 Å². The van der Waals surface area contributed by atoms with Gasteiger partial charge in [-0.05, 0) is 0 Å². The molecule has 1 aliphatic rings. The Morgan fingerprint density at radius 1 is 0.889 bits per heavy atom. The number of benzene rings is 2. The maximum Gasteiger partial charge on any atom is 1.00 e. The molecule has 2 aromatic rings. The van der Waals surface area contributed by atoms with Gasteiger partial charge in [-0.15, -0.1) is 5.41 Å². The molecule has 1 saturated carbocycles. The van der Waals surface area contributed by atoms with Crippen LogP contribution < -0.4 is 0 Å². The van der Waals surface area contributed by atoms with Crippen molar-refractivity contribution in [1.29, 1.82) is 5.26 Å². The normalized spacial score (nSPS) is 15.4. The zero-order chi connectivity index (χ0) is 11.7. The summed E-state index contributed by atoms with van der Waals surface area (Å²) in [5, 5.41) is 9.18. The van der Waals surface area contributed by atoms with Crippen LogP contribution in [0.4, 0.5) is 0 Å². The molecule has 1 fully saturated rings. The van der Waals surface area contributed by atoms with Crippen molar-refractivity contribution in [2.45, 2.75) is 11.8 Å². The number of nitrogens with zero attached hydrogens (tertiary/aromatic N) is 1. The molecular weight excluding hydrogens is 270 g/mol. The van der Waals surface area contributed by atoms with Gasteiger partial charge in [-0.3, -0.25) is 5.92 Å². The molecule has 0 N–H and O–H groups in total. The summed E-state index contributed by atoms with van der Waals surface area (Å²) in [4.78, 5) is 0. The van der Waals surface area contributed by atoms with Crippen molar-refractivity contribution in [3.63, 3.8) is 0 Å². The summed E-state index contributed by atoms with van der Waals surface area (Å²) >= 11 is 0. The Kier molecular flexibility index (Phi) is 3.48. The van der Waals surface area contributed by atoms with Gasteiger partial charge in [0.25, 0.3) is 0 Å². The Morgan fingerprint density at radius 3 is 1.67 bits per heavy atom. The molecule has 3 rings (SSSR count). The molecule has 0 heterocycles. The molecule has 0 saturated heterocycles. The van der Waals surface area contributed by atoms with Crippen LogP contribution in [-0.4, -0.2) is 0 Å². The zero-order valence-corrected chi connectivity index (χ0v) is 10.7. The topological polar surface area (TPSA) is 23.8 Å². The largest absolute Gasteiger partial charge is 1.00 e. The maximum atomic E-state index is 9.18. The third-order valence-corrected chi connectivity index (χ3v) is 3.50. The monoisotopic (exact) mass is 281 g/mol. The Balaban J connectivity index is 0.00000120. The van der Waals surface area contributed by atoms with Crippen molar-refractivity contribution in [2.75, 3.05) is 0 Å². The first-order chi connectivity index (χ1) is 8.38. The predicted molar refractivity (Wildman–Crippen MR) is 67.1 cm³/mol. The molecule has 0 unspecified atom stereocenters. The van der Waals surface area contributed by atoms with E-state index in [-0.39, 0.29) is 22.5 Å². The van der Waals surface area contributed by atoms with Gasteiger partial charge in [-0.2, -0.15) is 6.42 Å². The van der Waals surface area contributed by atoms with Gasteiger partial charge in [-0.1, -0.05) is 77.9 Å². The van der Waals surface area contributed by atoms with Crippen molar-refractivity contribution >= 4 is 0 Å². The van der Waals surface area contributed by atoms with Crippen LogP contribution in [0.5, 0.6) is 0 Å². The van der Waals surface area contributed by atoms with Crippen LogP contribution >= 0.6 is 0 Å². The van der Waals surface area contributed by atoms with Crippen LogP contribution in [-0.2, 0) is 22.5 Å². The van der Waals surface area contributed by atoms with Crippen LogP contribution in [0.15, 0.2) is 60.7 Å². The molecular formula is C16H12CuN. The minimum atomic E-state index is -0.142. The van der Waals surface area contributed by atoms with Gasteiger partial charge in [0, 0.05) is 0 Å². The van der Waals surface area contributed by atoms with Gasteiger partial charge < -0.3 is 0 Å². The molecule has 18 heavy (non-hydrogen) atoms. The van der Waals surface area contributed by atoms with Crippen LogP contribution in [0, 0.1) is 17.2 Å². The van der Waals surface area contributed by atoms with Gasteiger partial charge in [0.1, 0.15) is 0 Å². The number of hydrogen-bond acceptors (Lipinski definition) is 1. The molecule has 92 valence electrons. The minimum Gasteiger partial charge on any atom is -0.265 e. The minimum absolute atomic E-state index is 0. The van der Waals surface area contributed by atoms with Crippen molar-refractivity contribution < 1.29 is 17.1 Å². The fourth-order valence-corrected chi connectivity index (χ4v) is 2.52. The molecule has 0 aromatic heterocycles. The van der Waals surface area contributed by atoms with Crippen molar-refractivity contribution in [3.05, 3.63) is 77.7 Å². The summed E-state index contributed by atoms with van der Waals surface area (Å²) in [6.07, 6.45) is 0.859. The Bertz CT molecular complexity index is 517. The Labute approximate surface area is 118 Å². The maximum absolute atomic E-state index is 9.18. The number of hydrogen-bond donors (Lipinski definition) is 0. The molecule has 2 aromatic carbocycles. The summed E-state index contributed by atoms with van der Waals surface area (Å²) in [7, 11) is 0. The predicted octanol–water partition coefficient (Wildman–Crippen LogP) is 3.47. The number of nitriles is 1. The van der Waals surface area contributed by atoms with Gasteiger partial charge in [0.2, 0.25) is 0 Å². The van der Waals surface area contributed by atoms with Gasteiger partial charge >= 0.3 is 17.1 Å². The molecule has 0 aliphatic heterocycles. The van der Waals surface area contributed by atoms with Gasteiger partial charge in [0.05, 0.1) is 0 Å². The molecule has 0 atom stereocenters. The average Bonchev–Trinajstić information content (AvgIpc) is 3.17. The third kappa shape index (κ3) is 1.82. The third-order valence-electron chi connectivity index (χ3n) is 3.50. The number of rotatable bonds is 2. The fourth-order valence-electron chi connectivity index (χ4n) is 2.52. The quantitative estimate of drug-likeness (QED) is 0.611. The molecule has 2 heteroatoms. The van der Waals surface area contributed by atoms with Crippen LogP contribution in [0.1, 0.15) is 17.5 Å². The summed E-state index contributed by atoms with van der Waals surface area (Å²) in [5.74, 6) is 0.968. The molecule has 0 bridgehead atoms. The summed E-state index contributed by atoms with van der Waals surface area (Å²) in [6, 6.07) is 22.9. The first-order valence-electron chi connectivity index (χ1n) is 5.75. The van der Waals surface area contributed by atoms with Gasteiger partial charge in [-0.25, -0.2) is 5.26 Å². The Hall–Kier alpha value is -1.68. The summed E-state index contributed by atoms with van der Waals surface area (Å²) in [5.41, 5.74) is 2.31.